The van der Waals surface area contributed by atoms with Crippen LogP contribution in [-0.4, -0.2) is 26.4 Å². The molecule has 0 N–H and O–H groups in total. The lowest BCUT2D eigenvalue weighted by atomic mass is 9.93. The summed E-state index contributed by atoms with van der Waals surface area (Å²) in [6.45, 7) is 6.18. The Labute approximate surface area is 68.9 Å². The van der Waals surface area contributed by atoms with Crippen molar-refractivity contribution in [1.29, 1.82) is 0 Å². The quantitative estimate of drug-likeness (QED) is 0.622. The van der Waals surface area contributed by atoms with Crippen molar-refractivity contribution in [2.24, 2.45) is 11.8 Å². The maximum atomic E-state index is 5.54. The van der Waals surface area contributed by atoms with Crippen molar-refractivity contribution in [2.45, 2.75) is 26.4 Å². The van der Waals surface area contributed by atoms with E-state index in [0.717, 1.165) is 25.0 Å². The highest BCUT2D eigenvalue weighted by Gasteiger charge is 2.27. The van der Waals surface area contributed by atoms with E-state index in [1.165, 1.54) is 6.42 Å². The molecular weight excluding hydrogens is 140 g/mol. The van der Waals surface area contributed by atoms with Gasteiger partial charge >= 0.3 is 0 Å². The highest BCUT2D eigenvalue weighted by atomic mass is 16.5. The molecular formula is C9H18O2. The van der Waals surface area contributed by atoms with Crippen LogP contribution in [0.5, 0.6) is 0 Å². The van der Waals surface area contributed by atoms with E-state index in [1.54, 1.807) is 7.11 Å². The first-order valence-corrected chi connectivity index (χ1v) is 4.34. The Morgan fingerprint density at radius 2 is 2.27 bits per heavy atom. The van der Waals surface area contributed by atoms with Crippen molar-refractivity contribution in [3.8, 4) is 0 Å². The Kier molecular flexibility index (Phi) is 3.34. The van der Waals surface area contributed by atoms with E-state index in [1.807, 2.05) is 0 Å². The van der Waals surface area contributed by atoms with Gasteiger partial charge in [-0.05, 0) is 18.3 Å². The molecule has 0 aliphatic carbocycles. The molecule has 11 heavy (non-hydrogen) atoms. The van der Waals surface area contributed by atoms with Gasteiger partial charge in [0.25, 0.3) is 0 Å². The van der Waals surface area contributed by atoms with Gasteiger partial charge in [0, 0.05) is 7.11 Å². The number of hydrogen-bond donors (Lipinski definition) is 0. The first-order chi connectivity index (χ1) is 5.24. The number of ether oxygens (including phenoxy) is 2. The first-order valence-electron chi connectivity index (χ1n) is 4.34. The van der Waals surface area contributed by atoms with Crippen molar-refractivity contribution in [3.63, 3.8) is 0 Å². The van der Waals surface area contributed by atoms with Gasteiger partial charge in [0.15, 0.2) is 0 Å². The molecule has 1 aliphatic rings. The lowest BCUT2D eigenvalue weighted by molar-refractivity contribution is 0.0363. The van der Waals surface area contributed by atoms with Crippen LogP contribution in [0, 0.1) is 11.8 Å². The molecule has 0 aromatic rings. The fourth-order valence-corrected chi connectivity index (χ4v) is 1.50. The predicted octanol–water partition coefficient (Wildman–Crippen LogP) is 1.69. The normalized spacial score (nSPS) is 31.6. The molecule has 2 nitrogen and oxygen atoms in total. The lowest BCUT2D eigenvalue weighted by Gasteiger charge is -2.11. The fraction of sp³-hybridized carbons (Fsp3) is 1.00. The molecule has 0 aromatic carbocycles. The van der Waals surface area contributed by atoms with Gasteiger partial charge in [-0.15, -0.1) is 0 Å². The zero-order valence-electron chi connectivity index (χ0n) is 7.67. The van der Waals surface area contributed by atoms with E-state index in [2.05, 4.69) is 13.8 Å². The van der Waals surface area contributed by atoms with E-state index in [4.69, 9.17) is 9.47 Å². The Morgan fingerprint density at radius 1 is 1.55 bits per heavy atom. The maximum Gasteiger partial charge on any atom is 0.0812 e. The Hall–Kier alpha value is -0.0800. The minimum absolute atomic E-state index is 0.354. The van der Waals surface area contributed by atoms with Gasteiger partial charge in [-0.2, -0.15) is 0 Å². The first kappa shape index (κ1) is 9.01. The van der Waals surface area contributed by atoms with Crippen molar-refractivity contribution in [1.82, 2.24) is 0 Å². The predicted molar refractivity (Wildman–Crippen MR) is 44.6 cm³/mol. The van der Waals surface area contributed by atoms with Crippen LogP contribution in [0.1, 0.15) is 20.3 Å². The summed E-state index contributed by atoms with van der Waals surface area (Å²) >= 11 is 0. The molecule has 0 saturated carbocycles. The number of methoxy groups -OCH3 is 1. The average Bonchev–Trinajstić information content (AvgIpc) is 2.37. The zero-order chi connectivity index (χ0) is 8.27. The van der Waals surface area contributed by atoms with Gasteiger partial charge in [0.05, 0.1) is 19.3 Å². The summed E-state index contributed by atoms with van der Waals surface area (Å²) in [4.78, 5) is 0. The second kappa shape index (κ2) is 4.07. The zero-order valence-corrected chi connectivity index (χ0v) is 7.67. The number of rotatable bonds is 3. The van der Waals surface area contributed by atoms with Gasteiger partial charge in [-0.3, -0.25) is 0 Å². The Morgan fingerprint density at radius 3 is 2.73 bits per heavy atom. The molecule has 0 radical (unpaired) electrons. The van der Waals surface area contributed by atoms with Crippen LogP contribution < -0.4 is 0 Å². The molecule has 1 rings (SSSR count). The highest BCUT2D eigenvalue weighted by Crippen LogP contribution is 2.25. The minimum Gasteiger partial charge on any atom is -0.382 e. The topological polar surface area (TPSA) is 18.5 Å². The van der Waals surface area contributed by atoms with Crippen molar-refractivity contribution >= 4 is 0 Å². The van der Waals surface area contributed by atoms with Gasteiger partial charge in [-0.1, -0.05) is 13.8 Å². The Balaban J connectivity index is 2.23. The van der Waals surface area contributed by atoms with E-state index >= 15 is 0 Å². The molecule has 0 aromatic heterocycles. The third kappa shape index (κ3) is 2.46. The summed E-state index contributed by atoms with van der Waals surface area (Å²) in [5.74, 6) is 1.49. The van der Waals surface area contributed by atoms with Gasteiger partial charge in [0.1, 0.15) is 0 Å². The molecule has 1 aliphatic heterocycles. The van der Waals surface area contributed by atoms with Crippen LogP contribution >= 0.6 is 0 Å². The second-order valence-electron chi connectivity index (χ2n) is 3.65. The van der Waals surface area contributed by atoms with E-state index in [0.29, 0.717) is 6.10 Å². The number of hydrogen-bond acceptors (Lipinski definition) is 2. The second-order valence-corrected chi connectivity index (χ2v) is 3.65. The van der Waals surface area contributed by atoms with Gasteiger partial charge < -0.3 is 9.47 Å². The minimum atomic E-state index is 0.354. The average molecular weight is 158 g/mol. The van der Waals surface area contributed by atoms with Crippen LogP contribution in [0.3, 0.4) is 0 Å². The molecule has 0 spiro atoms. The molecule has 1 heterocycles. The summed E-state index contributed by atoms with van der Waals surface area (Å²) in [5.41, 5.74) is 0. The third-order valence-corrected chi connectivity index (χ3v) is 2.41. The Bertz CT molecular complexity index is 112. The third-order valence-electron chi connectivity index (χ3n) is 2.41. The smallest absolute Gasteiger partial charge is 0.0812 e. The van der Waals surface area contributed by atoms with E-state index < -0.39 is 0 Å². The molecule has 0 bridgehead atoms. The maximum absolute atomic E-state index is 5.54. The SMILES string of the molecule is COC[C@H]1C[C@@H](C(C)C)CO1. The lowest BCUT2D eigenvalue weighted by Crippen LogP contribution is -2.13. The van der Waals surface area contributed by atoms with E-state index in [9.17, 15) is 0 Å². The monoisotopic (exact) mass is 158 g/mol. The van der Waals surface area contributed by atoms with Crippen molar-refractivity contribution in [3.05, 3.63) is 0 Å². The summed E-state index contributed by atoms with van der Waals surface area (Å²) in [5, 5.41) is 0. The highest BCUT2D eigenvalue weighted by molar-refractivity contribution is 4.75. The molecule has 0 unspecified atom stereocenters. The molecule has 1 saturated heterocycles. The molecule has 0 amide bonds. The molecule has 66 valence electrons. The summed E-state index contributed by atoms with van der Waals surface area (Å²) in [6.07, 6.45) is 1.53. The van der Waals surface area contributed by atoms with Crippen LogP contribution in [0.4, 0.5) is 0 Å². The molecule has 2 atom stereocenters. The summed E-state index contributed by atoms with van der Waals surface area (Å²) in [7, 11) is 1.73. The fourth-order valence-electron chi connectivity index (χ4n) is 1.50. The van der Waals surface area contributed by atoms with Crippen molar-refractivity contribution in [2.75, 3.05) is 20.3 Å². The molecule has 2 heteroatoms. The standard InChI is InChI=1S/C9H18O2/c1-7(2)8-4-9(6-10-3)11-5-8/h7-9H,4-6H2,1-3H3/t8-,9-/m1/s1. The van der Waals surface area contributed by atoms with Gasteiger partial charge in [0.2, 0.25) is 0 Å². The van der Waals surface area contributed by atoms with Gasteiger partial charge in [-0.25, -0.2) is 0 Å². The largest absolute Gasteiger partial charge is 0.382 e. The van der Waals surface area contributed by atoms with E-state index in [-0.39, 0.29) is 0 Å². The molecule has 1 fully saturated rings. The summed E-state index contributed by atoms with van der Waals surface area (Å²) < 4.78 is 10.6. The van der Waals surface area contributed by atoms with Crippen LogP contribution in [0.25, 0.3) is 0 Å². The summed E-state index contributed by atoms with van der Waals surface area (Å²) in [6, 6.07) is 0. The van der Waals surface area contributed by atoms with Crippen LogP contribution in [0.2, 0.25) is 0 Å². The van der Waals surface area contributed by atoms with Crippen molar-refractivity contribution < 1.29 is 9.47 Å². The van der Waals surface area contributed by atoms with Crippen LogP contribution in [0.15, 0.2) is 0 Å². The van der Waals surface area contributed by atoms with Crippen LogP contribution in [-0.2, 0) is 9.47 Å².